The number of H-pyrrole nitrogens is 1. The standard InChI is InChI=1S/C30H38FN3O2/c1-19(2)28-23-11-10-22(31)18-21(23)12-13-30(28,36-29(35)24-17-20(24)3)14-16-32-15-6-9-27-33-25-7-4-5-8-26(25)34-27/h4-5,7-8,10-11,18-20,24,28,32H,6,9,12-17H2,1-3H3,(H,33,34)/t20?,24?,28-,30+/m0/s1. The molecular weight excluding hydrogens is 453 g/mol. The van der Waals surface area contributed by atoms with Crippen LogP contribution < -0.4 is 5.32 Å². The smallest absolute Gasteiger partial charge is 0.309 e. The molecule has 1 fully saturated rings. The van der Waals surface area contributed by atoms with Crippen LogP contribution in [0.25, 0.3) is 11.0 Å². The van der Waals surface area contributed by atoms with Crippen LogP contribution in [0.3, 0.4) is 0 Å². The van der Waals surface area contributed by atoms with Gasteiger partial charge in [-0.1, -0.05) is 39.0 Å². The molecule has 1 saturated carbocycles. The van der Waals surface area contributed by atoms with Gasteiger partial charge in [0.1, 0.15) is 17.2 Å². The van der Waals surface area contributed by atoms with Crippen LogP contribution in [0.2, 0.25) is 0 Å². The number of carbonyl (C=O) groups excluding carboxylic acids is 1. The molecule has 0 saturated heterocycles. The molecule has 4 atom stereocenters. The first-order chi connectivity index (χ1) is 17.4. The lowest BCUT2D eigenvalue weighted by Crippen LogP contribution is -2.48. The Kier molecular flexibility index (Phi) is 7.16. The van der Waals surface area contributed by atoms with Gasteiger partial charge in [-0.2, -0.15) is 0 Å². The minimum atomic E-state index is -0.565. The van der Waals surface area contributed by atoms with Crippen LogP contribution in [0.15, 0.2) is 42.5 Å². The number of fused-ring (bicyclic) bond motifs is 2. The first-order valence-corrected chi connectivity index (χ1v) is 13.5. The Hall–Kier alpha value is -2.73. The number of nitrogens with zero attached hydrogens (tertiary/aromatic N) is 1. The number of ether oxygens (including phenoxy) is 1. The van der Waals surface area contributed by atoms with Crippen molar-refractivity contribution in [3.8, 4) is 0 Å². The third-order valence-corrected chi connectivity index (χ3v) is 8.14. The van der Waals surface area contributed by atoms with Crippen LogP contribution >= 0.6 is 0 Å². The highest BCUT2D eigenvalue weighted by Gasteiger charge is 2.50. The van der Waals surface area contributed by atoms with Crippen LogP contribution in [0, 0.1) is 23.6 Å². The fraction of sp³-hybridized carbons (Fsp3) is 0.533. The number of imidazole rings is 1. The molecule has 0 aliphatic heterocycles. The molecule has 5 nitrogen and oxygen atoms in total. The summed E-state index contributed by atoms with van der Waals surface area (Å²) < 4.78 is 20.4. The van der Waals surface area contributed by atoms with Gasteiger partial charge in [0.15, 0.2) is 0 Å². The van der Waals surface area contributed by atoms with E-state index in [1.807, 2.05) is 24.3 Å². The number of esters is 1. The molecular formula is C30H38FN3O2. The third kappa shape index (κ3) is 5.19. The minimum Gasteiger partial charge on any atom is -0.458 e. The fourth-order valence-electron chi connectivity index (χ4n) is 6.15. The maximum atomic E-state index is 14.0. The summed E-state index contributed by atoms with van der Waals surface area (Å²) in [5.74, 6) is 1.53. The largest absolute Gasteiger partial charge is 0.458 e. The van der Waals surface area contributed by atoms with E-state index in [0.717, 1.165) is 79.6 Å². The second kappa shape index (κ2) is 10.3. The van der Waals surface area contributed by atoms with Gasteiger partial charge < -0.3 is 15.0 Å². The second-order valence-corrected chi connectivity index (χ2v) is 11.2. The van der Waals surface area contributed by atoms with Gasteiger partial charge in [0.25, 0.3) is 0 Å². The van der Waals surface area contributed by atoms with E-state index >= 15 is 0 Å². The van der Waals surface area contributed by atoms with Gasteiger partial charge in [0.2, 0.25) is 0 Å². The maximum absolute atomic E-state index is 14.0. The summed E-state index contributed by atoms with van der Waals surface area (Å²) >= 11 is 0. The summed E-state index contributed by atoms with van der Waals surface area (Å²) in [5.41, 5.74) is 3.71. The molecule has 2 unspecified atom stereocenters. The maximum Gasteiger partial charge on any atom is 0.309 e. The van der Waals surface area contributed by atoms with Crippen LogP contribution in [0.5, 0.6) is 0 Å². The Morgan fingerprint density at radius 1 is 1.25 bits per heavy atom. The van der Waals surface area contributed by atoms with Crippen LogP contribution in [0.4, 0.5) is 4.39 Å². The highest BCUT2D eigenvalue weighted by Crippen LogP contribution is 2.50. The summed E-state index contributed by atoms with van der Waals surface area (Å²) in [5, 5.41) is 3.59. The van der Waals surface area contributed by atoms with Crippen LogP contribution in [-0.4, -0.2) is 34.6 Å². The van der Waals surface area contributed by atoms with Gasteiger partial charge in [0, 0.05) is 18.8 Å². The molecule has 3 aromatic rings. The molecule has 1 aromatic heterocycles. The molecule has 2 N–H and O–H groups in total. The number of carbonyl (C=O) groups is 1. The summed E-state index contributed by atoms with van der Waals surface area (Å²) in [4.78, 5) is 21.1. The molecule has 0 amide bonds. The highest BCUT2D eigenvalue weighted by molar-refractivity contribution is 5.76. The monoisotopic (exact) mass is 491 g/mol. The number of aromatic amines is 1. The van der Waals surface area contributed by atoms with E-state index in [4.69, 9.17) is 4.74 Å². The molecule has 5 rings (SSSR count). The molecule has 1 heterocycles. The lowest BCUT2D eigenvalue weighted by atomic mass is 9.65. The fourth-order valence-corrected chi connectivity index (χ4v) is 6.15. The van der Waals surface area contributed by atoms with Crippen molar-refractivity contribution in [1.82, 2.24) is 15.3 Å². The zero-order valence-corrected chi connectivity index (χ0v) is 21.6. The first-order valence-electron chi connectivity index (χ1n) is 13.5. The zero-order valence-electron chi connectivity index (χ0n) is 21.6. The molecule has 36 heavy (non-hydrogen) atoms. The molecule has 2 aromatic carbocycles. The summed E-state index contributed by atoms with van der Waals surface area (Å²) in [6.07, 6.45) is 5.00. The van der Waals surface area contributed by atoms with Crippen molar-refractivity contribution in [3.05, 3.63) is 65.2 Å². The van der Waals surface area contributed by atoms with Crippen molar-refractivity contribution in [2.75, 3.05) is 13.1 Å². The van der Waals surface area contributed by atoms with Gasteiger partial charge in [0.05, 0.1) is 17.0 Å². The Labute approximate surface area is 213 Å². The highest BCUT2D eigenvalue weighted by atomic mass is 19.1. The zero-order chi connectivity index (χ0) is 25.3. The first kappa shape index (κ1) is 24.9. The van der Waals surface area contributed by atoms with E-state index in [9.17, 15) is 9.18 Å². The number of benzene rings is 2. The quantitative estimate of drug-likeness (QED) is 0.272. The topological polar surface area (TPSA) is 67.0 Å². The normalized spacial score (nSPS) is 25.2. The molecule has 0 spiro atoms. The number of hydrogen-bond donors (Lipinski definition) is 2. The number of halogens is 1. The van der Waals surface area contributed by atoms with Crippen molar-refractivity contribution in [3.63, 3.8) is 0 Å². The second-order valence-electron chi connectivity index (χ2n) is 11.2. The SMILES string of the molecule is CC1CC1C(=O)O[C@@]1(CCNCCCc2nc3ccccc3[nH]2)CCc2cc(F)ccc2[C@@H]1C(C)C. The van der Waals surface area contributed by atoms with Crippen molar-refractivity contribution in [2.45, 2.75) is 70.8 Å². The summed E-state index contributed by atoms with van der Waals surface area (Å²) in [7, 11) is 0. The molecule has 6 heteroatoms. The van der Waals surface area contributed by atoms with Crippen LogP contribution in [-0.2, 0) is 22.4 Å². The summed E-state index contributed by atoms with van der Waals surface area (Å²) in [6, 6.07) is 13.2. The van der Waals surface area contributed by atoms with Crippen molar-refractivity contribution in [1.29, 1.82) is 0 Å². The van der Waals surface area contributed by atoms with Crippen LogP contribution in [0.1, 0.15) is 69.3 Å². The van der Waals surface area contributed by atoms with Crippen molar-refractivity contribution in [2.24, 2.45) is 17.8 Å². The van der Waals surface area contributed by atoms with Gasteiger partial charge in [-0.25, -0.2) is 9.37 Å². The van der Waals surface area contributed by atoms with E-state index in [2.05, 4.69) is 42.1 Å². The minimum absolute atomic E-state index is 0.0288. The molecule has 0 radical (unpaired) electrons. The van der Waals surface area contributed by atoms with E-state index in [0.29, 0.717) is 5.92 Å². The van der Waals surface area contributed by atoms with Gasteiger partial charge in [-0.15, -0.1) is 0 Å². The Morgan fingerprint density at radius 3 is 2.81 bits per heavy atom. The predicted molar refractivity (Wildman–Crippen MR) is 140 cm³/mol. The number of aryl methyl sites for hydroxylation is 2. The van der Waals surface area contributed by atoms with E-state index < -0.39 is 5.60 Å². The molecule has 0 bridgehead atoms. The number of hydrogen-bond acceptors (Lipinski definition) is 4. The van der Waals surface area contributed by atoms with Crippen molar-refractivity contribution >= 4 is 17.0 Å². The number of para-hydroxylation sites is 2. The lowest BCUT2D eigenvalue weighted by molar-refractivity contribution is -0.169. The third-order valence-electron chi connectivity index (χ3n) is 8.14. The Balaban J connectivity index is 1.24. The van der Waals surface area contributed by atoms with E-state index in [1.165, 1.54) is 0 Å². The van der Waals surface area contributed by atoms with Gasteiger partial charge >= 0.3 is 5.97 Å². The van der Waals surface area contributed by atoms with Gasteiger partial charge in [-0.05, 0) is 86.0 Å². The molecule has 2 aliphatic carbocycles. The Bertz CT molecular complexity index is 1190. The van der Waals surface area contributed by atoms with Crippen molar-refractivity contribution < 1.29 is 13.9 Å². The van der Waals surface area contributed by atoms with E-state index in [-0.39, 0.29) is 29.5 Å². The summed E-state index contributed by atoms with van der Waals surface area (Å²) in [6.45, 7) is 8.13. The average molecular weight is 492 g/mol. The predicted octanol–water partition coefficient (Wildman–Crippen LogP) is 5.94. The Morgan fingerprint density at radius 2 is 2.06 bits per heavy atom. The number of aromatic nitrogens is 2. The van der Waals surface area contributed by atoms with Gasteiger partial charge in [-0.3, -0.25) is 4.79 Å². The molecule has 192 valence electrons. The molecule has 2 aliphatic rings. The van der Waals surface area contributed by atoms with E-state index in [1.54, 1.807) is 12.1 Å². The lowest BCUT2D eigenvalue weighted by Gasteiger charge is -2.46. The number of rotatable bonds is 10. The average Bonchev–Trinajstić information content (AvgIpc) is 3.44. The number of nitrogens with one attached hydrogen (secondary N) is 2.